The van der Waals surface area contributed by atoms with Crippen molar-refractivity contribution in [3.8, 4) is 17.1 Å². The highest BCUT2D eigenvalue weighted by Crippen LogP contribution is 2.30. The van der Waals surface area contributed by atoms with Crippen molar-refractivity contribution in [2.75, 3.05) is 18.7 Å². The van der Waals surface area contributed by atoms with Crippen molar-refractivity contribution >= 4 is 29.3 Å². The van der Waals surface area contributed by atoms with Crippen molar-refractivity contribution < 1.29 is 9.53 Å². The SMILES string of the molecule is COc1ccc(CN(C(=O)CSc2nnc(-c3ccc(Cl)cc3)n2N)C2CC2)cc1. The van der Waals surface area contributed by atoms with Gasteiger partial charge in [-0.25, -0.2) is 4.68 Å². The van der Waals surface area contributed by atoms with E-state index < -0.39 is 0 Å². The number of halogens is 1. The first-order valence-corrected chi connectivity index (χ1v) is 10.9. The number of carbonyl (C=O) groups is 1. The number of hydrogen-bond donors (Lipinski definition) is 1. The monoisotopic (exact) mass is 443 g/mol. The van der Waals surface area contributed by atoms with Gasteiger partial charge in [0.2, 0.25) is 11.1 Å². The van der Waals surface area contributed by atoms with Gasteiger partial charge in [-0.05, 0) is 54.8 Å². The third-order valence-corrected chi connectivity index (χ3v) is 6.09. The zero-order valence-electron chi connectivity index (χ0n) is 16.5. The molecule has 3 aromatic rings. The van der Waals surface area contributed by atoms with Crippen molar-refractivity contribution in [2.45, 2.75) is 30.6 Å². The summed E-state index contributed by atoms with van der Waals surface area (Å²) in [7, 11) is 1.64. The van der Waals surface area contributed by atoms with Gasteiger partial charge in [-0.3, -0.25) is 4.79 Å². The number of nitrogen functional groups attached to an aromatic ring is 1. The Kier molecular flexibility index (Phi) is 6.15. The smallest absolute Gasteiger partial charge is 0.233 e. The first-order chi connectivity index (χ1) is 14.5. The molecule has 156 valence electrons. The third-order valence-electron chi connectivity index (χ3n) is 4.91. The molecule has 0 radical (unpaired) electrons. The average molecular weight is 444 g/mol. The van der Waals surface area contributed by atoms with E-state index in [9.17, 15) is 4.79 Å². The number of benzene rings is 2. The molecule has 1 fully saturated rings. The maximum Gasteiger partial charge on any atom is 0.233 e. The van der Waals surface area contributed by atoms with Crippen LogP contribution >= 0.6 is 23.4 Å². The molecule has 0 saturated heterocycles. The number of hydrogen-bond acceptors (Lipinski definition) is 6. The van der Waals surface area contributed by atoms with Crippen LogP contribution in [0.2, 0.25) is 5.02 Å². The van der Waals surface area contributed by atoms with Gasteiger partial charge in [0.1, 0.15) is 5.75 Å². The van der Waals surface area contributed by atoms with Crippen LogP contribution in [-0.4, -0.2) is 44.6 Å². The summed E-state index contributed by atoms with van der Waals surface area (Å²) in [6.45, 7) is 0.583. The summed E-state index contributed by atoms with van der Waals surface area (Å²) in [4.78, 5) is 14.9. The predicted molar refractivity (Wildman–Crippen MR) is 118 cm³/mol. The van der Waals surface area contributed by atoms with E-state index in [2.05, 4.69) is 10.2 Å². The topological polar surface area (TPSA) is 86.3 Å². The molecule has 30 heavy (non-hydrogen) atoms. The first-order valence-electron chi connectivity index (χ1n) is 9.57. The first kappa shape index (κ1) is 20.6. The number of carbonyl (C=O) groups excluding carboxylic acids is 1. The van der Waals surface area contributed by atoms with Gasteiger partial charge in [0.05, 0.1) is 12.9 Å². The molecule has 1 amide bonds. The van der Waals surface area contributed by atoms with Crippen LogP contribution in [0.15, 0.2) is 53.7 Å². The fourth-order valence-corrected chi connectivity index (χ4v) is 3.98. The van der Waals surface area contributed by atoms with E-state index in [1.165, 1.54) is 16.4 Å². The summed E-state index contributed by atoms with van der Waals surface area (Å²) in [6, 6.07) is 15.3. The van der Waals surface area contributed by atoms with Gasteiger partial charge in [0, 0.05) is 23.2 Å². The van der Waals surface area contributed by atoms with Crippen LogP contribution in [0.25, 0.3) is 11.4 Å². The molecule has 0 aliphatic heterocycles. The fourth-order valence-electron chi connectivity index (χ4n) is 3.12. The molecule has 0 bridgehead atoms. The highest BCUT2D eigenvalue weighted by molar-refractivity contribution is 7.99. The molecule has 0 spiro atoms. The van der Waals surface area contributed by atoms with E-state index in [1.54, 1.807) is 19.2 Å². The second-order valence-electron chi connectivity index (χ2n) is 7.07. The zero-order chi connectivity index (χ0) is 21.1. The van der Waals surface area contributed by atoms with Gasteiger partial charge >= 0.3 is 0 Å². The van der Waals surface area contributed by atoms with E-state index in [1.807, 2.05) is 41.3 Å². The molecule has 0 unspecified atom stereocenters. The van der Waals surface area contributed by atoms with E-state index in [-0.39, 0.29) is 11.7 Å². The number of aromatic nitrogens is 3. The van der Waals surface area contributed by atoms with Crippen LogP contribution in [-0.2, 0) is 11.3 Å². The molecule has 4 rings (SSSR count). The van der Waals surface area contributed by atoms with Gasteiger partial charge in [-0.1, -0.05) is 35.5 Å². The lowest BCUT2D eigenvalue weighted by Crippen LogP contribution is -2.34. The summed E-state index contributed by atoms with van der Waals surface area (Å²) < 4.78 is 6.61. The summed E-state index contributed by atoms with van der Waals surface area (Å²) in [5.41, 5.74) is 1.89. The van der Waals surface area contributed by atoms with Crippen LogP contribution in [0.4, 0.5) is 0 Å². The molecule has 1 aromatic heterocycles. The van der Waals surface area contributed by atoms with E-state index in [0.717, 1.165) is 29.7 Å². The number of methoxy groups -OCH3 is 1. The summed E-state index contributed by atoms with van der Waals surface area (Å²) in [5.74, 6) is 7.81. The van der Waals surface area contributed by atoms with E-state index >= 15 is 0 Å². The van der Waals surface area contributed by atoms with Crippen LogP contribution in [0, 0.1) is 0 Å². The van der Waals surface area contributed by atoms with Crippen molar-refractivity contribution in [1.29, 1.82) is 0 Å². The van der Waals surface area contributed by atoms with Gasteiger partial charge in [0.15, 0.2) is 5.82 Å². The molecular formula is C21H22ClN5O2S. The fraction of sp³-hybridized carbons (Fsp3) is 0.286. The Hall–Kier alpha value is -2.71. The number of thioether (sulfide) groups is 1. The molecule has 9 heteroatoms. The Balaban J connectivity index is 1.40. The number of ether oxygens (including phenoxy) is 1. The van der Waals surface area contributed by atoms with Crippen molar-refractivity contribution in [3.63, 3.8) is 0 Å². The summed E-state index contributed by atoms with van der Waals surface area (Å²) in [5, 5.41) is 9.43. The normalized spacial score (nSPS) is 13.3. The maximum atomic E-state index is 12.9. The Morgan fingerprint density at radius 3 is 2.53 bits per heavy atom. The standard InChI is InChI=1S/C21H22ClN5O2S/c1-29-18-10-2-14(3-11-18)12-26(17-8-9-17)19(28)13-30-21-25-24-20(27(21)23)15-4-6-16(22)7-5-15/h2-7,10-11,17H,8-9,12-13,23H2,1H3. The predicted octanol–water partition coefficient (Wildman–Crippen LogP) is 3.60. The second-order valence-corrected chi connectivity index (χ2v) is 8.45. The van der Waals surface area contributed by atoms with Gasteiger partial charge in [-0.2, -0.15) is 0 Å². The quantitative estimate of drug-likeness (QED) is 0.423. The molecule has 0 atom stereocenters. The highest BCUT2D eigenvalue weighted by atomic mass is 35.5. The molecule has 1 saturated carbocycles. The summed E-state index contributed by atoms with van der Waals surface area (Å²) >= 11 is 7.23. The molecular weight excluding hydrogens is 422 g/mol. The minimum absolute atomic E-state index is 0.0642. The minimum Gasteiger partial charge on any atom is -0.497 e. The molecule has 1 aliphatic rings. The number of rotatable bonds is 8. The maximum absolute atomic E-state index is 12.9. The van der Waals surface area contributed by atoms with Crippen LogP contribution in [0.3, 0.4) is 0 Å². The molecule has 1 heterocycles. The lowest BCUT2D eigenvalue weighted by molar-refractivity contribution is -0.129. The number of nitrogens with zero attached hydrogens (tertiary/aromatic N) is 4. The Bertz CT molecular complexity index is 1020. The van der Waals surface area contributed by atoms with Crippen molar-refractivity contribution in [3.05, 3.63) is 59.1 Å². The third kappa shape index (κ3) is 4.71. The lowest BCUT2D eigenvalue weighted by Gasteiger charge is -2.22. The van der Waals surface area contributed by atoms with Crippen LogP contribution < -0.4 is 10.6 Å². The Labute approximate surface area is 184 Å². The van der Waals surface area contributed by atoms with Gasteiger partial charge < -0.3 is 15.5 Å². The Morgan fingerprint density at radius 2 is 1.90 bits per heavy atom. The lowest BCUT2D eigenvalue weighted by atomic mass is 10.2. The van der Waals surface area contributed by atoms with Crippen molar-refractivity contribution in [1.82, 2.24) is 19.8 Å². The zero-order valence-corrected chi connectivity index (χ0v) is 18.1. The Morgan fingerprint density at radius 1 is 1.20 bits per heavy atom. The number of nitrogens with two attached hydrogens (primary N) is 1. The van der Waals surface area contributed by atoms with Crippen LogP contribution in [0.5, 0.6) is 5.75 Å². The van der Waals surface area contributed by atoms with Crippen LogP contribution in [0.1, 0.15) is 18.4 Å². The summed E-state index contributed by atoms with van der Waals surface area (Å²) in [6.07, 6.45) is 2.08. The second kappa shape index (κ2) is 8.97. The van der Waals surface area contributed by atoms with Gasteiger partial charge in [0.25, 0.3) is 0 Å². The number of amides is 1. The molecule has 2 aromatic carbocycles. The molecule has 1 aliphatic carbocycles. The molecule has 7 nitrogen and oxygen atoms in total. The minimum atomic E-state index is 0.0642. The van der Waals surface area contributed by atoms with Crippen molar-refractivity contribution in [2.24, 2.45) is 0 Å². The van der Waals surface area contributed by atoms with E-state index in [4.69, 9.17) is 22.2 Å². The largest absolute Gasteiger partial charge is 0.497 e. The van der Waals surface area contributed by atoms with E-state index in [0.29, 0.717) is 28.6 Å². The molecule has 2 N–H and O–H groups in total. The highest BCUT2D eigenvalue weighted by Gasteiger charge is 2.32. The average Bonchev–Trinajstić information content (AvgIpc) is 3.54. The van der Waals surface area contributed by atoms with Gasteiger partial charge in [-0.15, -0.1) is 10.2 Å².